The van der Waals surface area contributed by atoms with Crippen LogP contribution in [0.4, 0.5) is 26.3 Å². The van der Waals surface area contributed by atoms with Gasteiger partial charge in [-0.2, -0.15) is 36.9 Å². The maximum atomic E-state index is 13.6. The van der Waals surface area contributed by atoms with Gasteiger partial charge in [0.15, 0.2) is 0 Å². The van der Waals surface area contributed by atoms with Crippen LogP contribution in [-0.2, 0) is 6.18 Å². The molecule has 2 fully saturated rings. The lowest BCUT2D eigenvalue weighted by Gasteiger charge is -2.31. The third-order valence-corrected chi connectivity index (χ3v) is 5.86. The zero-order valence-electron chi connectivity index (χ0n) is 15.9. The SMILES string of the molecule is N#Cc1ccc(C2CC(CN3CCC(C#N)CC3)NC2C(F)(F)F)cc1C(F)(F)F. The van der Waals surface area contributed by atoms with Gasteiger partial charge in [0.25, 0.3) is 0 Å². The number of rotatable bonds is 3. The molecule has 1 aromatic rings. The van der Waals surface area contributed by atoms with Crippen molar-refractivity contribution in [3.8, 4) is 12.1 Å². The number of halogens is 6. The van der Waals surface area contributed by atoms with Crippen molar-refractivity contribution in [3.05, 3.63) is 34.9 Å². The summed E-state index contributed by atoms with van der Waals surface area (Å²) in [5.74, 6) is -1.23. The van der Waals surface area contributed by atoms with Crippen molar-refractivity contribution in [2.45, 2.75) is 49.6 Å². The van der Waals surface area contributed by atoms with E-state index >= 15 is 0 Å². The van der Waals surface area contributed by atoms with Crippen LogP contribution in [0.15, 0.2) is 18.2 Å². The highest BCUT2D eigenvalue weighted by molar-refractivity contribution is 5.43. The minimum atomic E-state index is -4.83. The Kier molecular flexibility index (Phi) is 6.30. The highest BCUT2D eigenvalue weighted by Gasteiger charge is 2.51. The molecule has 1 aromatic carbocycles. The van der Waals surface area contributed by atoms with Gasteiger partial charge in [-0.25, -0.2) is 0 Å². The van der Waals surface area contributed by atoms with Gasteiger partial charge in [-0.1, -0.05) is 6.07 Å². The number of nitrogens with one attached hydrogen (secondary N) is 1. The Hall–Kier alpha value is -2.30. The lowest BCUT2D eigenvalue weighted by molar-refractivity contribution is -0.156. The molecular formula is C20H20F6N4. The van der Waals surface area contributed by atoms with Gasteiger partial charge in [0, 0.05) is 24.4 Å². The van der Waals surface area contributed by atoms with Crippen molar-refractivity contribution >= 4 is 0 Å². The fraction of sp³-hybridized carbons (Fsp3) is 0.600. The van der Waals surface area contributed by atoms with Gasteiger partial charge >= 0.3 is 12.4 Å². The molecule has 30 heavy (non-hydrogen) atoms. The molecule has 0 bridgehead atoms. The Morgan fingerprint density at radius 2 is 1.73 bits per heavy atom. The van der Waals surface area contributed by atoms with E-state index < -0.39 is 41.5 Å². The van der Waals surface area contributed by atoms with Crippen molar-refractivity contribution in [1.82, 2.24) is 10.2 Å². The molecule has 0 aromatic heterocycles. The molecular weight excluding hydrogens is 410 g/mol. The largest absolute Gasteiger partial charge is 0.417 e. The summed E-state index contributed by atoms with van der Waals surface area (Å²) in [4.78, 5) is 1.99. The van der Waals surface area contributed by atoms with Crippen LogP contribution in [0.2, 0.25) is 0 Å². The number of nitrogens with zero attached hydrogens (tertiary/aromatic N) is 3. The molecule has 3 unspecified atom stereocenters. The average molecular weight is 430 g/mol. The summed E-state index contributed by atoms with van der Waals surface area (Å²) >= 11 is 0. The summed E-state index contributed by atoms with van der Waals surface area (Å²) in [7, 11) is 0. The Morgan fingerprint density at radius 3 is 2.27 bits per heavy atom. The van der Waals surface area contributed by atoms with Gasteiger partial charge in [-0.15, -0.1) is 0 Å². The fourth-order valence-corrected chi connectivity index (χ4v) is 4.34. The van der Waals surface area contributed by atoms with Crippen molar-refractivity contribution < 1.29 is 26.3 Å². The summed E-state index contributed by atoms with van der Waals surface area (Å²) in [5.41, 5.74) is -1.91. The summed E-state index contributed by atoms with van der Waals surface area (Å²) in [6, 6.07) is 3.93. The molecule has 4 nitrogen and oxygen atoms in total. The van der Waals surface area contributed by atoms with E-state index in [0.29, 0.717) is 38.5 Å². The fourth-order valence-electron chi connectivity index (χ4n) is 4.34. The zero-order valence-corrected chi connectivity index (χ0v) is 15.9. The van der Waals surface area contributed by atoms with Gasteiger partial charge in [0.05, 0.1) is 23.3 Å². The summed E-state index contributed by atoms with van der Waals surface area (Å²) in [5, 5.41) is 20.4. The molecule has 2 aliphatic rings. The van der Waals surface area contributed by atoms with Crippen LogP contribution in [-0.4, -0.2) is 42.8 Å². The monoisotopic (exact) mass is 430 g/mol. The second-order valence-electron chi connectivity index (χ2n) is 7.84. The Morgan fingerprint density at radius 1 is 1.07 bits per heavy atom. The van der Waals surface area contributed by atoms with Crippen LogP contribution in [0.5, 0.6) is 0 Å². The number of nitriles is 2. The predicted molar refractivity (Wildman–Crippen MR) is 95.1 cm³/mol. The first-order valence-electron chi connectivity index (χ1n) is 9.59. The molecule has 3 rings (SSSR count). The molecule has 2 aliphatic heterocycles. The number of benzene rings is 1. The maximum Gasteiger partial charge on any atom is 0.417 e. The van der Waals surface area contributed by atoms with E-state index in [9.17, 15) is 26.3 Å². The van der Waals surface area contributed by atoms with Gasteiger partial charge in [-0.3, -0.25) is 0 Å². The molecule has 10 heteroatoms. The minimum Gasteiger partial charge on any atom is -0.302 e. The van der Waals surface area contributed by atoms with Crippen LogP contribution < -0.4 is 5.32 Å². The van der Waals surface area contributed by atoms with E-state index in [0.717, 1.165) is 6.07 Å². The minimum absolute atomic E-state index is 0.0333. The number of hydrogen-bond acceptors (Lipinski definition) is 4. The van der Waals surface area contributed by atoms with E-state index in [-0.39, 0.29) is 17.9 Å². The predicted octanol–water partition coefficient (Wildman–Crippen LogP) is 4.19. The van der Waals surface area contributed by atoms with E-state index in [1.165, 1.54) is 12.1 Å². The van der Waals surface area contributed by atoms with Gasteiger partial charge in [0.1, 0.15) is 6.04 Å². The quantitative estimate of drug-likeness (QED) is 0.731. The third-order valence-electron chi connectivity index (χ3n) is 5.86. The Bertz CT molecular complexity index is 843. The first-order valence-corrected chi connectivity index (χ1v) is 9.59. The summed E-state index contributed by atoms with van der Waals surface area (Å²) in [6.07, 6.45) is -8.11. The smallest absolute Gasteiger partial charge is 0.302 e. The van der Waals surface area contributed by atoms with Crippen molar-refractivity contribution in [3.63, 3.8) is 0 Å². The topological polar surface area (TPSA) is 62.9 Å². The second kappa shape index (κ2) is 8.44. The van der Waals surface area contributed by atoms with Gasteiger partial charge in [0.2, 0.25) is 0 Å². The first kappa shape index (κ1) is 22.4. The maximum absolute atomic E-state index is 13.6. The highest BCUT2D eigenvalue weighted by atomic mass is 19.4. The standard InChI is InChI=1S/C20H20F6N4/c21-19(22,23)17-7-13(1-2-14(17)10-28)16-8-15(29-18(16)20(24,25)26)11-30-5-3-12(9-27)4-6-30/h1-2,7,12,15-16,18,29H,3-6,8,11H2. The Labute approximate surface area is 170 Å². The van der Waals surface area contributed by atoms with Crippen molar-refractivity contribution in [1.29, 1.82) is 10.5 Å². The molecule has 0 radical (unpaired) electrons. The normalized spacial score (nSPS) is 26.3. The number of likely N-dealkylation sites (tertiary alicyclic amines) is 1. The number of alkyl halides is 6. The van der Waals surface area contributed by atoms with E-state index in [1.807, 2.05) is 4.90 Å². The van der Waals surface area contributed by atoms with Gasteiger partial charge in [-0.05, 0) is 50.0 Å². The molecule has 0 saturated carbocycles. The van der Waals surface area contributed by atoms with Gasteiger partial charge < -0.3 is 10.2 Å². The third kappa shape index (κ3) is 4.88. The molecule has 0 amide bonds. The lowest BCUT2D eigenvalue weighted by Crippen LogP contribution is -2.47. The number of hydrogen-bond donors (Lipinski definition) is 1. The van der Waals surface area contributed by atoms with Crippen LogP contribution in [0.25, 0.3) is 0 Å². The van der Waals surface area contributed by atoms with E-state index in [2.05, 4.69) is 11.4 Å². The molecule has 3 atom stereocenters. The van der Waals surface area contributed by atoms with Crippen molar-refractivity contribution in [2.24, 2.45) is 5.92 Å². The van der Waals surface area contributed by atoms with E-state index in [1.54, 1.807) is 0 Å². The zero-order chi connectivity index (χ0) is 22.1. The molecule has 1 N–H and O–H groups in total. The molecule has 162 valence electrons. The summed E-state index contributed by atoms with van der Waals surface area (Å²) in [6.45, 7) is 1.54. The number of piperidine rings is 1. The highest BCUT2D eigenvalue weighted by Crippen LogP contribution is 2.42. The second-order valence-corrected chi connectivity index (χ2v) is 7.84. The molecule has 2 saturated heterocycles. The molecule has 2 heterocycles. The van der Waals surface area contributed by atoms with Crippen LogP contribution >= 0.6 is 0 Å². The molecule has 0 aliphatic carbocycles. The Balaban J connectivity index is 1.81. The van der Waals surface area contributed by atoms with Crippen LogP contribution in [0.3, 0.4) is 0 Å². The summed E-state index contributed by atoms with van der Waals surface area (Å²) < 4.78 is 80.7. The molecule has 0 spiro atoms. The lowest BCUT2D eigenvalue weighted by atomic mass is 9.88. The van der Waals surface area contributed by atoms with E-state index in [4.69, 9.17) is 10.5 Å². The van der Waals surface area contributed by atoms with Crippen molar-refractivity contribution in [2.75, 3.05) is 19.6 Å². The average Bonchev–Trinajstić information content (AvgIpc) is 3.11. The van der Waals surface area contributed by atoms with Crippen LogP contribution in [0.1, 0.15) is 41.9 Å². The first-order chi connectivity index (χ1) is 14.0. The van der Waals surface area contributed by atoms with Crippen LogP contribution in [0, 0.1) is 28.6 Å².